The lowest BCUT2D eigenvalue weighted by molar-refractivity contribution is 0.0641. The molecule has 182 valence electrons. The average Bonchev–Trinajstić information content (AvgIpc) is 3.45. The summed E-state index contributed by atoms with van der Waals surface area (Å²) >= 11 is 0. The number of rotatable bonds is 5. The van der Waals surface area contributed by atoms with Crippen LogP contribution < -0.4 is 15.0 Å². The highest BCUT2D eigenvalue weighted by Gasteiger charge is 2.37. The van der Waals surface area contributed by atoms with Crippen LogP contribution in [0.1, 0.15) is 48.4 Å². The van der Waals surface area contributed by atoms with Crippen LogP contribution in [0.5, 0.6) is 5.75 Å². The number of fused-ring (bicyclic) bond motifs is 2. The highest BCUT2D eigenvalue weighted by atomic mass is 16.5. The maximum absolute atomic E-state index is 13.7. The Bertz CT molecular complexity index is 1510. The van der Waals surface area contributed by atoms with Gasteiger partial charge >= 0.3 is 0 Å². The van der Waals surface area contributed by atoms with Crippen molar-refractivity contribution < 1.29 is 19.1 Å². The largest absolute Gasteiger partial charge is 0.496 e. The highest BCUT2D eigenvalue weighted by molar-refractivity contribution is 6.21. The molecular formula is C30H23N3O4. The van der Waals surface area contributed by atoms with E-state index in [1.807, 2.05) is 54.6 Å². The predicted octanol–water partition coefficient (Wildman–Crippen LogP) is 5.26. The van der Waals surface area contributed by atoms with Crippen molar-refractivity contribution in [2.24, 2.45) is 0 Å². The van der Waals surface area contributed by atoms with Crippen LogP contribution in [0.15, 0.2) is 97.1 Å². The van der Waals surface area contributed by atoms with Gasteiger partial charge in [0.05, 0.1) is 36.2 Å². The van der Waals surface area contributed by atoms with Gasteiger partial charge in [0.15, 0.2) is 0 Å². The summed E-state index contributed by atoms with van der Waals surface area (Å²) in [5, 5.41) is 3.46. The highest BCUT2D eigenvalue weighted by Crippen LogP contribution is 2.42. The summed E-state index contributed by atoms with van der Waals surface area (Å²) in [6.07, 6.45) is -0.489. The Balaban J connectivity index is 1.37. The fourth-order valence-corrected chi connectivity index (χ4v) is 4.98. The van der Waals surface area contributed by atoms with E-state index in [9.17, 15) is 14.4 Å². The van der Waals surface area contributed by atoms with Crippen molar-refractivity contribution in [2.45, 2.75) is 12.7 Å². The first kappa shape index (κ1) is 22.5. The average molecular weight is 490 g/mol. The normalized spacial score (nSPS) is 15.9. The van der Waals surface area contributed by atoms with Crippen LogP contribution in [-0.2, 0) is 6.54 Å². The molecule has 2 aliphatic heterocycles. The smallest absolute Gasteiger partial charge is 0.261 e. The number of carbonyl (C=O) groups excluding carboxylic acids is 3. The van der Waals surface area contributed by atoms with Crippen LogP contribution in [0.4, 0.5) is 11.4 Å². The lowest BCUT2D eigenvalue weighted by Gasteiger charge is -2.26. The maximum Gasteiger partial charge on any atom is 0.261 e. The van der Waals surface area contributed by atoms with Gasteiger partial charge in [-0.1, -0.05) is 48.5 Å². The van der Waals surface area contributed by atoms with E-state index in [1.54, 1.807) is 54.5 Å². The Morgan fingerprint density at radius 2 is 1.49 bits per heavy atom. The SMILES string of the molecule is COc1ccc(C2Nc3ccccc3N2C(=O)c2ccccc2)cc1CN1C(=O)c2ccccc2C1=O. The number of carbonyl (C=O) groups is 3. The minimum absolute atomic E-state index is 0.0513. The number of amides is 3. The zero-order valence-corrected chi connectivity index (χ0v) is 20.0. The second-order valence-corrected chi connectivity index (χ2v) is 8.92. The lowest BCUT2D eigenvalue weighted by Crippen LogP contribution is -2.34. The number of anilines is 2. The number of ether oxygens (including phenoxy) is 1. The molecule has 0 radical (unpaired) electrons. The molecule has 0 aromatic heterocycles. The standard InChI is InChI=1S/C30H23N3O4/c1-37-26-16-15-20(17-21(26)18-32-29(35)22-11-5-6-12-23(22)30(32)36)27-31-24-13-7-8-14-25(24)33(27)28(34)19-9-3-2-4-10-19/h2-17,27,31H,18H2,1H3. The molecule has 0 spiro atoms. The monoisotopic (exact) mass is 489 g/mol. The van der Waals surface area contributed by atoms with Gasteiger partial charge in [0, 0.05) is 11.1 Å². The summed E-state index contributed by atoms with van der Waals surface area (Å²) in [7, 11) is 1.55. The topological polar surface area (TPSA) is 79.0 Å². The number of benzene rings is 4. The Labute approximate surface area is 213 Å². The van der Waals surface area contributed by atoms with Gasteiger partial charge in [-0.2, -0.15) is 0 Å². The van der Waals surface area contributed by atoms with Crippen molar-refractivity contribution in [3.05, 3.63) is 125 Å². The van der Waals surface area contributed by atoms with Crippen LogP contribution in [0.3, 0.4) is 0 Å². The van der Waals surface area contributed by atoms with E-state index in [0.29, 0.717) is 28.0 Å². The summed E-state index contributed by atoms with van der Waals surface area (Å²) in [5.41, 5.74) is 4.46. The third-order valence-corrected chi connectivity index (χ3v) is 6.78. The summed E-state index contributed by atoms with van der Waals surface area (Å²) in [6, 6.07) is 29.2. The van der Waals surface area contributed by atoms with Crippen molar-refractivity contribution >= 4 is 29.1 Å². The first-order valence-corrected chi connectivity index (χ1v) is 11.9. The molecule has 0 saturated carbocycles. The molecule has 1 atom stereocenters. The van der Waals surface area contributed by atoms with Crippen LogP contribution in [0.2, 0.25) is 0 Å². The number of hydrogen-bond acceptors (Lipinski definition) is 5. The minimum Gasteiger partial charge on any atom is -0.496 e. The van der Waals surface area contributed by atoms with Crippen molar-refractivity contribution in [3.8, 4) is 5.75 Å². The first-order valence-electron chi connectivity index (χ1n) is 11.9. The molecule has 4 aromatic rings. The Morgan fingerprint density at radius 1 is 0.838 bits per heavy atom. The molecule has 0 aliphatic carbocycles. The lowest BCUT2D eigenvalue weighted by atomic mass is 10.1. The van der Waals surface area contributed by atoms with Crippen LogP contribution in [0, 0.1) is 0 Å². The van der Waals surface area contributed by atoms with Crippen molar-refractivity contribution in [1.82, 2.24) is 4.90 Å². The number of para-hydroxylation sites is 2. The molecule has 1 unspecified atom stereocenters. The second-order valence-electron chi connectivity index (χ2n) is 8.92. The van der Waals surface area contributed by atoms with E-state index in [0.717, 1.165) is 16.9 Å². The van der Waals surface area contributed by atoms with Gasteiger partial charge in [0.1, 0.15) is 11.9 Å². The van der Waals surface area contributed by atoms with Gasteiger partial charge in [-0.15, -0.1) is 0 Å². The van der Waals surface area contributed by atoms with E-state index in [4.69, 9.17) is 4.74 Å². The molecule has 0 saturated heterocycles. The van der Waals surface area contributed by atoms with E-state index in [1.165, 1.54) is 4.90 Å². The zero-order valence-electron chi connectivity index (χ0n) is 20.0. The summed E-state index contributed by atoms with van der Waals surface area (Å²) in [4.78, 5) is 42.6. The van der Waals surface area contributed by atoms with E-state index in [-0.39, 0.29) is 24.3 Å². The van der Waals surface area contributed by atoms with E-state index in [2.05, 4.69) is 5.32 Å². The predicted molar refractivity (Wildman–Crippen MR) is 140 cm³/mol. The summed E-state index contributed by atoms with van der Waals surface area (Å²) in [6.45, 7) is 0.0513. The Kier molecular flexibility index (Phi) is 5.45. The zero-order chi connectivity index (χ0) is 25.5. The molecular weight excluding hydrogens is 466 g/mol. The third-order valence-electron chi connectivity index (χ3n) is 6.78. The minimum atomic E-state index is -0.489. The molecule has 3 amide bonds. The summed E-state index contributed by atoms with van der Waals surface area (Å²) < 4.78 is 5.58. The maximum atomic E-state index is 13.7. The van der Waals surface area contributed by atoms with Crippen LogP contribution >= 0.6 is 0 Å². The second kappa shape index (κ2) is 8.95. The first-order chi connectivity index (χ1) is 18.1. The van der Waals surface area contributed by atoms with Crippen molar-refractivity contribution in [3.63, 3.8) is 0 Å². The van der Waals surface area contributed by atoms with Gasteiger partial charge in [-0.25, -0.2) is 0 Å². The molecule has 0 bridgehead atoms. The van der Waals surface area contributed by atoms with Crippen molar-refractivity contribution in [1.29, 1.82) is 0 Å². The van der Waals surface area contributed by atoms with Gasteiger partial charge in [0.25, 0.3) is 17.7 Å². The number of hydrogen-bond donors (Lipinski definition) is 1. The van der Waals surface area contributed by atoms with Gasteiger partial charge in [-0.05, 0) is 54.1 Å². The van der Waals surface area contributed by atoms with Crippen molar-refractivity contribution in [2.75, 3.05) is 17.3 Å². The quantitative estimate of drug-likeness (QED) is 0.387. The molecule has 2 aliphatic rings. The van der Waals surface area contributed by atoms with E-state index < -0.39 is 6.17 Å². The van der Waals surface area contributed by atoms with Crippen LogP contribution in [0.25, 0.3) is 0 Å². The molecule has 0 fully saturated rings. The van der Waals surface area contributed by atoms with Gasteiger partial charge < -0.3 is 10.1 Å². The Morgan fingerprint density at radius 3 is 2.19 bits per heavy atom. The molecule has 7 nitrogen and oxygen atoms in total. The summed E-state index contributed by atoms with van der Waals surface area (Å²) in [5.74, 6) is -0.252. The third kappa shape index (κ3) is 3.72. The number of imide groups is 1. The van der Waals surface area contributed by atoms with Crippen LogP contribution in [-0.4, -0.2) is 29.7 Å². The van der Waals surface area contributed by atoms with E-state index >= 15 is 0 Å². The molecule has 1 N–H and O–H groups in total. The Hall–Kier alpha value is -4.91. The van der Waals surface area contributed by atoms with Gasteiger partial charge in [-0.3, -0.25) is 24.2 Å². The molecule has 7 heteroatoms. The molecule has 37 heavy (non-hydrogen) atoms. The number of methoxy groups -OCH3 is 1. The van der Waals surface area contributed by atoms with Gasteiger partial charge in [0.2, 0.25) is 0 Å². The number of nitrogens with zero attached hydrogens (tertiary/aromatic N) is 2. The molecule has 2 heterocycles. The fraction of sp³-hybridized carbons (Fsp3) is 0.100. The fourth-order valence-electron chi connectivity index (χ4n) is 4.98. The molecule has 6 rings (SSSR count). The number of nitrogens with one attached hydrogen (secondary N) is 1. The molecule has 4 aromatic carbocycles.